The van der Waals surface area contributed by atoms with Gasteiger partial charge in [0.25, 0.3) is 0 Å². The molecule has 2 rings (SSSR count). The predicted molar refractivity (Wildman–Crippen MR) is 72.4 cm³/mol. The Bertz CT molecular complexity index is 490. The fourth-order valence-electron chi connectivity index (χ4n) is 2.19. The summed E-state index contributed by atoms with van der Waals surface area (Å²) in [7, 11) is 1.37. The minimum Gasteiger partial charge on any atom is -0.507 e. The van der Waals surface area contributed by atoms with E-state index in [1.165, 1.54) is 7.11 Å². The lowest BCUT2D eigenvalue weighted by Crippen LogP contribution is -2.41. The van der Waals surface area contributed by atoms with Gasteiger partial charge in [0, 0.05) is 13.3 Å². The molecule has 1 aliphatic heterocycles. The first-order valence-electron chi connectivity index (χ1n) is 6.89. The van der Waals surface area contributed by atoms with E-state index in [2.05, 4.69) is 10.3 Å². The lowest BCUT2D eigenvalue weighted by atomic mass is 10.1. The van der Waals surface area contributed by atoms with Crippen LogP contribution in [0.3, 0.4) is 0 Å². The van der Waals surface area contributed by atoms with Crippen molar-refractivity contribution in [2.75, 3.05) is 7.11 Å². The Morgan fingerprint density at radius 2 is 2.19 bits per heavy atom. The molecule has 1 aromatic heterocycles. The summed E-state index contributed by atoms with van der Waals surface area (Å²) in [5.74, 6) is -0.267. The van der Waals surface area contributed by atoms with E-state index < -0.39 is 24.6 Å². The summed E-state index contributed by atoms with van der Waals surface area (Å²) in [5, 5.41) is 37.6. The zero-order valence-corrected chi connectivity index (χ0v) is 12.1. The number of methoxy groups -OCH3 is 1. The van der Waals surface area contributed by atoms with Gasteiger partial charge in [-0.3, -0.25) is 0 Å². The number of aliphatic hydroxyl groups is 3. The second-order valence-electron chi connectivity index (χ2n) is 5.00. The van der Waals surface area contributed by atoms with E-state index in [1.54, 1.807) is 10.9 Å². The van der Waals surface area contributed by atoms with Crippen LogP contribution in [-0.2, 0) is 22.4 Å². The average Bonchev–Trinajstić information content (AvgIpc) is 2.86. The minimum absolute atomic E-state index is 0.190. The molecule has 0 amide bonds. The summed E-state index contributed by atoms with van der Waals surface area (Å²) in [6.07, 6.45) is 0.403. The molecule has 0 saturated carbocycles. The molecule has 118 valence electrons. The van der Waals surface area contributed by atoms with Crippen LogP contribution in [-0.4, -0.2) is 62.0 Å². The molecule has 0 saturated heterocycles. The van der Waals surface area contributed by atoms with Gasteiger partial charge in [0.05, 0.1) is 12.2 Å². The number of rotatable bonds is 5. The Morgan fingerprint density at radius 3 is 2.86 bits per heavy atom. The van der Waals surface area contributed by atoms with Crippen molar-refractivity contribution < 1.29 is 24.8 Å². The monoisotopic (exact) mass is 299 g/mol. The molecule has 4 atom stereocenters. The van der Waals surface area contributed by atoms with Crippen LogP contribution < -0.4 is 0 Å². The van der Waals surface area contributed by atoms with Gasteiger partial charge in [-0.2, -0.15) is 0 Å². The van der Waals surface area contributed by atoms with E-state index in [-0.39, 0.29) is 12.3 Å². The average molecular weight is 299 g/mol. The van der Waals surface area contributed by atoms with Crippen molar-refractivity contribution in [2.45, 2.75) is 50.9 Å². The van der Waals surface area contributed by atoms with Crippen LogP contribution in [0.4, 0.5) is 0 Å². The Kier molecular flexibility index (Phi) is 5.29. The number of aromatic nitrogens is 3. The highest BCUT2D eigenvalue weighted by atomic mass is 16.7. The number of hydrogen-bond acceptors (Lipinski definition) is 7. The maximum Gasteiger partial charge on any atom is 0.216 e. The molecule has 0 radical (unpaired) electrons. The topological polar surface area (TPSA) is 110 Å². The smallest absolute Gasteiger partial charge is 0.216 e. The van der Waals surface area contributed by atoms with E-state index in [9.17, 15) is 15.3 Å². The molecule has 0 aliphatic carbocycles. The largest absolute Gasteiger partial charge is 0.507 e. The molecular formula is C13H21N3O5. The van der Waals surface area contributed by atoms with Gasteiger partial charge < -0.3 is 24.8 Å². The van der Waals surface area contributed by atoms with Crippen molar-refractivity contribution in [3.8, 4) is 0 Å². The van der Waals surface area contributed by atoms with Crippen LogP contribution in [0.5, 0.6) is 0 Å². The molecule has 3 N–H and O–H groups in total. The first kappa shape index (κ1) is 15.9. The highest BCUT2D eigenvalue weighted by molar-refractivity contribution is 5.05. The van der Waals surface area contributed by atoms with Crippen LogP contribution >= 0.6 is 0 Å². The molecular weight excluding hydrogens is 278 g/mol. The fourth-order valence-corrected chi connectivity index (χ4v) is 2.19. The van der Waals surface area contributed by atoms with Crippen molar-refractivity contribution in [1.29, 1.82) is 0 Å². The van der Waals surface area contributed by atoms with Gasteiger partial charge in [-0.15, -0.1) is 5.10 Å². The van der Waals surface area contributed by atoms with Gasteiger partial charge in [-0.05, 0) is 12.5 Å². The molecule has 0 unspecified atom stereocenters. The number of hydrogen-bond donors (Lipinski definition) is 3. The number of aliphatic hydroxyl groups excluding tert-OH is 3. The normalized spacial score (nSPS) is 30.0. The third-order valence-electron chi connectivity index (χ3n) is 3.29. The third-order valence-corrected chi connectivity index (χ3v) is 3.29. The Morgan fingerprint density at radius 1 is 1.43 bits per heavy atom. The lowest BCUT2D eigenvalue weighted by Gasteiger charge is -2.25. The van der Waals surface area contributed by atoms with E-state index >= 15 is 0 Å². The Balaban J connectivity index is 2.09. The van der Waals surface area contributed by atoms with Gasteiger partial charge >= 0.3 is 0 Å². The second-order valence-corrected chi connectivity index (χ2v) is 5.00. The van der Waals surface area contributed by atoms with E-state index in [0.717, 1.165) is 24.6 Å². The van der Waals surface area contributed by atoms with E-state index in [1.807, 2.05) is 6.92 Å². The van der Waals surface area contributed by atoms with Crippen LogP contribution in [0.15, 0.2) is 18.0 Å². The molecule has 8 heteroatoms. The molecule has 0 aromatic carbocycles. The summed E-state index contributed by atoms with van der Waals surface area (Å²) in [5.41, 5.74) is 0.852. The molecule has 21 heavy (non-hydrogen) atoms. The highest BCUT2D eigenvalue weighted by Gasteiger charge is 2.34. The van der Waals surface area contributed by atoms with Crippen molar-refractivity contribution >= 4 is 0 Å². The quantitative estimate of drug-likeness (QED) is 0.688. The van der Waals surface area contributed by atoms with Crippen molar-refractivity contribution in [3.63, 3.8) is 0 Å². The van der Waals surface area contributed by atoms with Crippen LogP contribution in [0.2, 0.25) is 0 Å². The van der Waals surface area contributed by atoms with Gasteiger partial charge in [0.2, 0.25) is 6.29 Å². The Labute approximate surface area is 122 Å². The molecule has 1 aromatic rings. The predicted octanol–water partition coefficient (Wildman–Crippen LogP) is -0.234. The molecule has 1 aliphatic rings. The van der Waals surface area contributed by atoms with Gasteiger partial charge in [0.15, 0.2) is 0 Å². The summed E-state index contributed by atoms with van der Waals surface area (Å²) in [6, 6.07) is 0. The van der Waals surface area contributed by atoms with Gasteiger partial charge in [-0.1, -0.05) is 18.6 Å². The maximum atomic E-state index is 10.1. The SMILES string of the molecule is CCCc1cn(C[C@H]2O[C@H](OC)C(O)=C[C@@H](O)[C@@H]2O)nn1. The van der Waals surface area contributed by atoms with Gasteiger partial charge in [0.1, 0.15) is 24.1 Å². The van der Waals surface area contributed by atoms with Crippen molar-refractivity contribution in [3.05, 3.63) is 23.7 Å². The second kappa shape index (κ2) is 6.99. The maximum absolute atomic E-state index is 10.1. The van der Waals surface area contributed by atoms with E-state index in [0.29, 0.717) is 0 Å². The van der Waals surface area contributed by atoms with Crippen LogP contribution in [0, 0.1) is 0 Å². The summed E-state index contributed by atoms with van der Waals surface area (Å²) < 4.78 is 12.0. The zero-order valence-electron chi connectivity index (χ0n) is 12.1. The van der Waals surface area contributed by atoms with Crippen LogP contribution in [0.1, 0.15) is 19.0 Å². The first-order valence-corrected chi connectivity index (χ1v) is 6.89. The number of ether oxygens (including phenoxy) is 2. The number of aryl methyl sites for hydroxylation is 1. The summed E-state index contributed by atoms with van der Waals surface area (Å²) in [6.45, 7) is 2.24. The standard InChI is InChI=1S/C13H21N3O5/c1-3-4-8-6-16(15-14-8)7-11-12(19)9(17)5-10(18)13(20-2)21-11/h5-6,9,11-13,17-19H,3-4,7H2,1-2H3/t9-,11-,12+,13+/m1/s1. The van der Waals surface area contributed by atoms with Gasteiger partial charge in [-0.25, -0.2) is 4.68 Å². The third kappa shape index (κ3) is 3.79. The fraction of sp³-hybridized carbons (Fsp3) is 0.692. The van der Waals surface area contributed by atoms with Crippen LogP contribution in [0.25, 0.3) is 0 Å². The van der Waals surface area contributed by atoms with Crippen molar-refractivity contribution in [2.24, 2.45) is 0 Å². The molecule has 0 fully saturated rings. The Hall–Kier alpha value is -1.48. The zero-order chi connectivity index (χ0) is 15.4. The summed E-state index contributed by atoms with van der Waals surface area (Å²) >= 11 is 0. The highest BCUT2D eigenvalue weighted by Crippen LogP contribution is 2.20. The van der Waals surface area contributed by atoms with Crippen molar-refractivity contribution in [1.82, 2.24) is 15.0 Å². The summed E-state index contributed by atoms with van der Waals surface area (Å²) in [4.78, 5) is 0. The number of nitrogens with zero attached hydrogens (tertiary/aromatic N) is 3. The molecule has 0 spiro atoms. The minimum atomic E-state index is -1.24. The van der Waals surface area contributed by atoms with E-state index in [4.69, 9.17) is 9.47 Å². The molecule has 0 bridgehead atoms. The first-order chi connectivity index (χ1) is 10.0. The lowest BCUT2D eigenvalue weighted by molar-refractivity contribution is -0.179. The molecule has 2 heterocycles. The molecule has 8 nitrogen and oxygen atoms in total.